The Morgan fingerprint density at radius 2 is 2.06 bits per heavy atom. The first-order valence-electron chi connectivity index (χ1n) is 4.91. The standard InChI is InChI=1S/C12H11ClN2O/c1-15-8-14-7-11(15)12(16)6-9-2-4-10(13)5-3-9/h2-5,7-8H,6H2,1H3. The van der Waals surface area contributed by atoms with Crippen LogP contribution in [-0.2, 0) is 13.5 Å². The maximum Gasteiger partial charge on any atom is 0.185 e. The Labute approximate surface area is 98.7 Å². The second-order valence-corrected chi connectivity index (χ2v) is 4.05. The maximum atomic E-state index is 11.9. The van der Waals surface area contributed by atoms with E-state index >= 15 is 0 Å². The van der Waals surface area contributed by atoms with E-state index in [0.29, 0.717) is 17.1 Å². The molecule has 0 radical (unpaired) electrons. The van der Waals surface area contributed by atoms with Crippen molar-refractivity contribution in [2.24, 2.45) is 7.05 Å². The minimum Gasteiger partial charge on any atom is -0.331 e. The van der Waals surface area contributed by atoms with E-state index in [0.717, 1.165) is 5.56 Å². The van der Waals surface area contributed by atoms with Gasteiger partial charge in [-0.25, -0.2) is 4.98 Å². The first-order valence-corrected chi connectivity index (χ1v) is 5.28. The Bertz CT molecular complexity index is 502. The molecule has 0 bridgehead atoms. The zero-order valence-electron chi connectivity index (χ0n) is 8.85. The van der Waals surface area contributed by atoms with E-state index in [1.165, 1.54) is 0 Å². The average molecular weight is 235 g/mol. The monoisotopic (exact) mass is 234 g/mol. The topological polar surface area (TPSA) is 34.9 Å². The molecule has 0 unspecified atom stereocenters. The third-order valence-electron chi connectivity index (χ3n) is 2.38. The van der Waals surface area contributed by atoms with Gasteiger partial charge in [0.25, 0.3) is 0 Å². The quantitative estimate of drug-likeness (QED) is 0.765. The van der Waals surface area contributed by atoms with Crippen molar-refractivity contribution in [1.82, 2.24) is 9.55 Å². The van der Waals surface area contributed by atoms with Crippen molar-refractivity contribution in [3.05, 3.63) is 53.1 Å². The molecule has 1 aromatic carbocycles. The van der Waals surface area contributed by atoms with Gasteiger partial charge in [-0.3, -0.25) is 4.79 Å². The molecule has 1 heterocycles. The fraction of sp³-hybridized carbons (Fsp3) is 0.167. The molecule has 4 heteroatoms. The van der Waals surface area contributed by atoms with Crippen molar-refractivity contribution in [2.45, 2.75) is 6.42 Å². The Morgan fingerprint density at radius 3 is 2.62 bits per heavy atom. The van der Waals surface area contributed by atoms with Crippen LogP contribution < -0.4 is 0 Å². The molecule has 1 aromatic heterocycles. The molecule has 3 nitrogen and oxygen atoms in total. The number of aromatic nitrogens is 2. The van der Waals surface area contributed by atoms with Crippen LogP contribution in [0.15, 0.2) is 36.8 Å². The summed E-state index contributed by atoms with van der Waals surface area (Å²) in [5.74, 6) is 0.0577. The van der Waals surface area contributed by atoms with Crippen LogP contribution in [0, 0.1) is 0 Å². The molecule has 82 valence electrons. The third kappa shape index (κ3) is 2.31. The van der Waals surface area contributed by atoms with Gasteiger partial charge in [-0.05, 0) is 17.7 Å². The lowest BCUT2D eigenvalue weighted by Crippen LogP contribution is -2.08. The van der Waals surface area contributed by atoms with Gasteiger partial charge in [0.15, 0.2) is 5.78 Å². The van der Waals surface area contributed by atoms with Gasteiger partial charge in [0, 0.05) is 18.5 Å². The molecule has 0 fully saturated rings. The molecule has 0 aliphatic rings. The maximum absolute atomic E-state index is 11.9. The normalized spacial score (nSPS) is 10.4. The molecular weight excluding hydrogens is 224 g/mol. The summed E-state index contributed by atoms with van der Waals surface area (Å²) in [5.41, 5.74) is 1.57. The number of rotatable bonds is 3. The summed E-state index contributed by atoms with van der Waals surface area (Å²) in [6, 6.07) is 7.29. The number of ketones is 1. The van der Waals surface area contributed by atoms with Crippen LogP contribution >= 0.6 is 11.6 Å². The molecule has 0 amide bonds. The highest BCUT2D eigenvalue weighted by molar-refractivity contribution is 6.30. The van der Waals surface area contributed by atoms with E-state index in [9.17, 15) is 4.79 Å². The second-order valence-electron chi connectivity index (χ2n) is 3.62. The predicted octanol–water partition coefficient (Wildman–Crippen LogP) is 2.50. The molecule has 2 aromatic rings. The Kier molecular flexibility index (Phi) is 3.06. The zero-order valence-corrected chi connectivity index (χ0v) is 9.61. The summed E-state index contributed by atoms with van der Waals surface area (Å²) in [4.78, 5) is 15.8. The summed E-state index contributed by atoms with van der Waals surface area (Å²) in [6.07, 6.45) is 3.57. The zero-order chi connectivity index (χ0) is 11.5. The van der Waals surface area contributed by atoms with Gasteiger partial charge in [-0.1, -0.05) is 23.7 Å². The number of aryl methyl sites for hydroxylation is 1. The highest BCUT2D eigenvalue weighted by Crippen LogP contribution is 2.11. The Balaban J connectivity index is 2.14. The Morgan fingerprint density at radius 1 is 1.38 bits per heavy atom. The number of hydrogen-bond acceptors (Lipinski definition) is 2. The molecule has 0 spiro atoms. The van der Waals surface area contributed by atoms with Crippen molar-refractivity contribution in [3.63, 3.8) is 0 Å². The van der Waals surface area contributed by atoms with Gasteiger partial charge in [0.1, 0.15) is 5.69 Å². The van der Waals surface area contributed by atoms with Crippen LogP contribution in [0.4, 0.5) is 0 Å². The summed E-state index contributed by atoms with van der Waals surface area (Å²) >= 11 is 5.77. The molecular formula is C12H11ClN2O. The molecule has 0 N–H and O–H groups in total. The molecule has 0 aliphatic heterocycles. The van der Waals surface area contributed by atoms with Gasteiger partial charge < -0.3 is 4.57 Å². The van der Waals surface area contributed by atoms with Crippen molar-refractivity contribution < 1.29 is 4.79 Å². The lowest BCUT2D eigenvalue weighted by molar-refractivity contribution is 0.0985. The van der Waals surface area contributed by atoms with E-state index in [2.05, 4.69) is 4.98 Å². The summed E-state index contributed by atoms with van der Waals surface area (Å²) < 4.78 is 1.72. The first-order chi connectivity index (χ1) is 7.66. The van der Waals surface area contributed by atoms with E-state index < -0.39 is 0 Å². The van der Waals surface area contributed by atoms with Crippen LogP contribution in [0.1, 0.15) is 16.1 Å². The average Bonchev–Trinajstić information content (AvgIpc) is 2.68. The van der Waals surface area contributed by atoms with Crippen molar-refractivity contribution in [2.75, 3.05) is 0 Å². The lowest BCUT2D eigenvalue weighted by Gasteiger charge is -2.02. The minimum atomic E-state index is 0.0577. The van der Waals surface area contributed by atoms with E-state index in [-0.39, 0.29) is 5.78 Å². The van der Waals surface area contributed by atoms with E-state index in [4.69, 9.17) is 11.6 Å². The van der Waals surface area contributed by atoms with E-state index in [1.54, 1.807) is 29.2 Å². The van der Waals surface area contributed by atoms with Gasteiger partial charge in [-0.15, -0.1) is 0 Å². The van der Waals surface area contributed by atoms with Crippen molar-refractivity contribution in [1.29, 1.82) is 0 Å². The first kappa shape index (κ1) is 10.9. The van der Waals surface area contributed by atoms with Gasteiger partial charge in [-0.2, -0.15) is 0 Å². The fourth-order valence-electron chi connectivity index (χ4n) is 1.50. The minimum absolute atomic E-state index is 0.0577. The smallest absolute Gasteiger partial charge is 0.185 e. The largest absolute Gasteiger partial charge is 0.331 e. The highest BCUT2D eigenvalue weighted by Gasteiger charge is 2.10. The van der Waals surface area contributed by atoms with Crippen LogP contribution in [-0.4, -0.2) is 15.3 Å². The second kappa shape index (κ2) is 4.49. The lowest BCUT2D eigenvalue weighted by atomic mass is 10.1. The van der Waals surface area contributed by atoms with Crippen LogP contribution in [0.25, 0.3) is 0 Å². The molecule has 0 aliphatic carbocycles. The SMILES string of the molecule is Cn1cncc1C(=O)Cc1ccc(Cl)cc1. The third-order valence-corrected chi connectivity index (χ3v) is 2.63. The summed E-state index contributed by atoms with van der Waals surface area (Å²) in [5, 5.41) is 0.678. The predicted molar refractivity (Wildman–Crippen MR) is 62.7 cm³/mol. The molecule has 0 saturated heterocycles. The molecule has 0 atom stereocenters. The van der Waals surface area contributed by atoms with Crippen LogP contribution in [0.2, 0.25) is 5.02 Å². The fourth-order valence-corrected chi connectivity index (χ4v) is 1.63. The van der Waals surface area contributed by atoms with Crippen molar-refractivity contribution in [3.8, 4) is 0 Å². The van der Waals surface area contributed by atoms with Gasteiger partial charge in [0.05, 0.1) is 12.5 Å². The number of carbonyl (C=O) groups excluding carboxylic acids is 1. The van der Waals surface area contributed by atoms with Crippen molar-refractivity contribution >= 4 is 17.4 Å². The molecule has 0 saturated carbocycles. The molecule has 16 heavy (non-hydrogen) atoms. The summed E-state index contributed by atoms with van der Waals surface area (Å²) in [7, 11) is 1.81. The summed E-state index contributed by atoms with van der Waals surface area (Å²) in [6.45, 7) is 0. The highest BCUT2D eigenvalue weighted by atomic mass is 35.5. The van der Waals surface area contributed by atoms with Crippen LogP contribution in [0.5, 0.6) is 0 Å². The number of Topliss-reactive ketones (excluding diaryl/α,β-unsaturated/α-hetero) is 1. The van der Waals surface area contributed by atoms with E-state index in [1.807, 2.05) is 19.2 Å². The number of imidazole rings is 1. The van der Waals surface area contributed by atoms with Gasteiger partial charge >= 0.3 is 0 Å². The number of halogens is 1. The Hall–Kier alpha value is -1.61. The number of nitrogens with zero attached hydrogens (tertiary/aromatic N) is 2. The number of carbonyl (C=O) groups is 1. The van der Waals surface area contributed by atoms with Gasteiger partial charge in [0.2, 0.25) is 0 Å². The number of benzene rings is 1. The van der Waals surface area contributed by atoms with Crippen LogP contribution in [0.3, 0.4) is 0 Å². The number of hydrogen-bond donors (Lipinski definition) is 0. The molecule has 2 rings (SSSR count).